The summed E-state index contributed by atoms with van der Waals surface area (Å²) >= 11 is 0. The van der Waals surface area contributed by atoms with Crippen molar-refractivity contribution in [3.8, 4) is 0 Å². The minimum Gasteiger partial charge on any atom is -0.0691 e. The van der Waals surface area contributed by atoms with Crippen molar-refractivity contribution >= 4 is 26.5 Å². The molecule has 0 radical (unpaired) electrons. The van der Waals surface area contributed by atoms with Crippen LogP contribution in [-0.4, -0.2) is 23.6 Å². The van der Waals surface area contributed by atoms with Crippen molar-refractivity contribution in [2.24, 2.45) is 0 Å². The highest BCUT2D eigenvalue weighted by Gasteiger charge is 2.44. The van der Waals surface area contributed by atoms with Gasteiger partial charge in [0.1, 0.15) is 0 Å². The monoisotopic (exact) mass is 378 g/mol. The third kappa shape index (κ3) is 3.13. The molecule has 0 saturated carbocycles. The van der Waals surface area contributed by atoms with Gasteiger partial charge in [0.25, 0.3) is 0 Å². The summed E-state index contributed by atoms with van der Waals surface area (Å²) in [5, 5.41) is 3.17. The van der Waals surface area contributed by atoms with E-state index in [1.165, 1.54) is 12.3 Å². The van der Waals surface area contributed by atoms with Gasteiger partial charge in [-0.25, -0.2) is 0 Å². The van der Waals surface area contributed by atoms with E-state index in [4.69, 9.17) is 0 Å². The number of hydrogen-bond donors (Lipinski definition) is 0. The van der Waals surface area contributed by atoms with Crippen molar-refractivity contribution in [3.05, 3.63) is 83.0 Å². The first-order chi connectivity index (χ1) is 12.6. The zero-order chi connectivity index (χ0) is 18.3. The average Bonchev–Trinajstić information content (AvgIpc) is 3.13. The molecule has 0 N–H and O–H groups in total. The highest BCUT2D eigenvalue weighted by Crippen LogP contribution is 2.63. The third-order valence-electron chi connectivity index (χ3n) is 6.19. The lowest BCUT2D eigenvalue weighted by Crippen LogP contribution is -2.28. The summed E-state index contributed by atoms with van der Waals surface area (Å²) in [6.07, 6.45) is 2.58. The second-order valence-corrected chi connectivity index (χ2v) is 12.4. The van der Waals surface area contributed by atoms with Crippen molar-refractivity contribution in [2.45, 2.75) is 39.0 Å². The number of benzene rings is 2. The maximum absolute atomic E-state index is 2.42. The Labute approximate surface area is 160 Å². The predicted octanol–water partition coefficient (Wildman–Crippen LogP) is 6.04. The van der Waals surface area contributed by atoms with Crippen LogP contribution in [0.15, 0.2) is 83.0 Å². The van der Waals surface area contributed by atoms with Gasteiger partial charge in [-0.2, -0.15) is 0 Å². The van der Waals surface area contributed by atoms with Crippen molar-refractivity contribution in [2.75, 3.05) is 12.3 Å². The van der Waals surface area contributed by atoms with Crippen LogP contribution in [0.3, 0.4) is 0 Å². The fourth-order valence-corrected chi connectivity index (χ4v) is 12.0. The Bertz CT molecular complexity index is 775. The van der Waals surface area contributed by atoms with E-state index in [2.05, 4.69) is 88.4 Å². The van der Waals surface area contributed by atoms with E-state index in [1.54, 1.807) is 32.9 Å². The molecule has 0 saturated heterocycles. The molecule has 2 aromatic carbocycles. The van der Waals surface area contributed by atoms with Crippen LogP contribution in [0.1, 0.15) is 27.7 Å². The van der Waals surface area contributed by atoms with Crippen molar-refractivity contribution in [1.29, 1.82) is 0 Å². The Kier molecular flexibility index (Phi) is 5.18. The summed E-state index contributed by atoms with van der Waals surface area (Å²) < 4.78 is 0. The van der Waals surface area contributed by atoms with Gasteiger partial charge >= 0.3 is 0 Å². The van der Waals surface area contributed by atoms with Crippen molar-refractivity contribution in [1.82, 2.24) is 0 Å². The molecule has 4 unspecified atom stereocenters. The van der Waals surface area contributed by atoms with Crippen LogP contribution in [0.25, 0.3) is 0 Å². The van der Waals surface area contributed by atoms with Gasteiger partial charge in [-0.15, -0.1) is 0 Å². The van der Waals surface area contributed by atoms with E-state index in [1.807, 2.05) is 0 Å². The lowest BCUT2D eigenvalue weighted by atomic mass is 10.0. The molecule has 0 aromatic heterocycles. The smallest absolute Gasteiger partial charge is 0.0152 e. The normalized spacial score (nSPS) is 28.9. The lowest BCUT2D eigenvalue weighted by molar-refractivity contribution is 0.949. The number of hydrogen-bond acceptors (Lipinski definition) is 0. The zero-order valence-corrected chi connectivity index (χ0v) is 18.0. The van der Waals surface area contributed by atoms with Gasteiger partial charge in [-0.1, -0.05) is 98.8 Å². The highest BCUT2D eigenvalue weighted by atomic mass is 31.1. The Hall–Kier alpha value is -1.22. The molecule has 4 rings (SSSR count). The molecule has 0 amide bonds. The Morgan fingerprint density at radius 3 is 1.27 bits per heavy atom. The summed E-state index contributed by atoms with van der Waals surface area (Å²) in [7, 11) is -0.296. The molecule has 0 nitrogen and oxygen atoms in total. The van der Waals surface area contributed by atoms with Crippen LogP contribution in [0.4, 0.5) is 0 Å². The average molecular weight is 378 g/mol. The molecule has 4 atom stereocenters. The largest absolute Gasteiger partial charge is 0.0691 e. The first-order valence-electron chi connectivity index (χ1n) is 9.54. The molecule has 2 aliphatic heterocycles. The predicted molar refractivity (Wildman–Crippen MR) is 120 cm³/mol. The Morgan fingerprint density at radius 2 is 0.923 bits per heavy atom. The van der Waals surface area contributed by atoms with Crippen LogP contribution < -0.4 is 10.6 Å². The van der Waals surface area contributed by atoms with Crippen LogP contribution in [-0.2, 0) is 0 Å². The maximum atomic E-state index is 2.42. The molecule has 2 heteroatoms. The van der Waals surface area contributed by atoms with E-state index in [0.717, 1.165) is 11.3 Å². The Balaban J connectivity index is 1.78. The van der Waals surface area contributed by atoms with E-state index < -0.39 is 0 Å². The van der Waals surface area contributed by atoms with E-state index in [-0.39, 0.29) is 15.8 Å². The summed E-state index contributed by atoms with van der Waals surface area (Å²) in [5.74, 6) is 0. The van der Waals surface area contributed by atoms with E-state index >= 15 is 0 Å². The summed E-state index contributed by atoms with van der Waals surface area (Å²) in [4.78, 5) is 0. The van der Waals surface area contributed by atoms with Crippen LogP contribution in [0.2, 0.25) is 0 Å². The summed E-state index contributed by atoms with van der Waals surface area (Å²) in [6.45, 7) is 9.59. The minimum absolute atomic E-state index is 0.148. The molecule has 134 valence electrons. The standard InChI is InChI=1S/C24H28P2/c1-17-15-25(21-11-7-5-8-12-21)23(19(17)3)24-20(4)18(2)16-26(24)22-13-9-6-10-14-22/h5-14,23-24H,15-16H2,1-4H3. The Morgan fingerprint density at radius 1 is 0.577 bits per heavy atom. The molecule has 0 fully saturated rings. The number of rotatable bonds is 3. The van der Waals surface area contributed by atoms with Crippen LogP contribution in [0.5, 0.6) is 0 Å². The SMILES string of the molecule is CC1=C(C)C(C2C(C)=C(C)CP2c2ccccc2)P(c2ccccc2)C1. The molecule has 0 aliphatic carbocycles. The van der Waals surface area contributed by atoms with Gasteiger partial charge in [-0.3, -0.25) is 0 Å². The van der Waals surface area contributed by atoms with Gasteiger partial charge in [0.2, 0.25) is 0 Å². The van der Waals surface area contributed by atoms with E-state index in [9.17, 15) is 0 Å². The lowest BCUT2D eigenvalue weighted by Gasteiger charge is -2.34. The third-order valence-corrected chi connectivity index (χ3v) is 12.7. The van der Waals surface area contributed by atoms with Crippen molar-refractivity contribution < 1.29 is 0 Å². The fourth-order valence-electron chi connectivity index (χ4n) is 4.49. The summed E-state index contributed by atoms with van der Waals surface area (Å²) in [5.41, 5.74) is 8.09. The maximum Gasteiger partial charge on any atom is 0.0152 e. The molecule has 2 aromatic rings. The highest BCUT2D eigenvalue weighted by molar-refractivity contribution is 7.71. The first kappa shape index (κ1) is 18.2. The van der Waals surface area contributed by atoms with Crippen LogP contribution >= 0.6 is 15.8 Å². The summed E-state index contributed by atoms with van der Waals surface area (Å²) in [6, 6.07) is 22.7. The van der Waals surface area contributed by atoms with Gasteiger partial charge in [0, 0.05) is 11.3 Å². The molecule has 0 spiro atoms. The molecule has 26 heavy (non-hydrogen) atoms. The van der Waals surface area contributed by atoms with Gasteiger partial charge < -0.3 is 0 Å². The van der Waals surface area contributed by atoms with Crippen molar-refractivity contribution in [3.63, 3.8) is 0 Å². The molecule has 0 bridgehead atoms. The zero-order valence-electron chi connectivity index (χ0n) is 16.2. The quantitative estimate of drug-likeness (QED) is 0.451. The van der Waals surface area contributed by atoms with E-state index in [0.29, 0.717) is 0 Å². The molecule has 2 aliphatic rings. The second kappa shape index (κ2) is 7.42. The topological polar surface area (TPSA) is 0 Å². The molecular weight excluding hydrogens is 350 g/mol. The first-order valence-corrected chi connectivity index (χ1v) is 12.7. The van der Waals surface area contributed by atoms with Crippen LogP contribution in [0, 0.1) is 0 Å². The molecule has 2 heterocycles. The van der Waals surface area contributed by atoms with Gasteiger partial charge in [0.05, 0.1) is 0 Å². The van der Waals surface area contributed by atoms with Gasteiger partial charge in [0.15, 0.2) is 0 Å². The molecular formula is C24H28P2. The second-order valence-electron chi connectivity index (χ2n) is 7.74. The fraction of sp³-hybridized carbons (Fsp3) is 0.333. The number of allylic oxidation sites excluding steroid dienone is 4. The van der Waals surface area contributed by atoms with Gasteiger partial charge in [-0.05, 0) is 50.6 Å². The minimum atomic E-state index is -0.148.